The number of carbonyl (C=O) groups is 2. The average Bonchev–Trinajstić information content (AvgIpc) is 3.11. The Bertz CT molecular complexity index is 371. The molecule has 3 aliphatic carbocycles. The monoisotopic (exact) mass is 278 g/mol. The van der Waals surface area contributed by atoms with Crippen LogP contribution >= 0.6 is 0 Å². The average molecular weight is 278 g/mol. The van der Waals surface area contributed by atoms with E-state index in [4.69, 9.17) is 0 Å². The Hall–Kier alpha value is -1.06. The van der Waals surface area contributed by atoms with Gasteiger partial charge in [0.1, 0.15) is 0 Å². The van der Waals surface area contributed by atoms with E-state index < -0.39 is 0 Å². The van der Waals surface area contributed by atoms with Crippen LogP contribution in [-0.4, -0.2) is 23.9 Å². The molecule has 2 amide bonds. The Morgan fingerprint density at radius 2 is 1.05 bits per heavy atom. The largest absolute Gasteiger partial charge is 0.353 e. The fraction of sp³-hybridized carbons (Fsp3) is 0.875. The summed E-state index contributed by atoms with van der Waals surface area (Å²) in [5.41, 5.74) is 0. The highest BCUT2D eigenvalue weighted by atomic mass is 16.2. The summed E-state index contributed by atoms with van der Waals surface area (Å²) in [4.78, 5) is 24.2. The van der Waals surface area contributed by atoms with Crippen molar-refractivity contribution in [2.45, 2.75) is 76.3 Å². The highest BCUT2D eigenvalue weighted by Crippen LogP contribution is 2.39. The second kappa shape index (κ2) is 6.15. The minimum absolute atomic E-state index is 0.0563. The van der Waals surface area contributed by atoms with Gasteiger partial charge in [-0.3, -0.25) is 9.59 Å². The van der Waals surface area contributed by atoms with E-state index in [1.54, 1.807) is 0 Å². The summed E-state index contributed by atoms with van der Waals surface area (Å²) in [5, 5.41) is 6.25. The van der Waals surface area contributed by atoms with E-state index in [1.807, 2.05) is 0 Å². The lowest BCUT2D eigenvalue weighted by molar-refractivity contribution is -0.128. The molecular weight excluding hydrogens is 252 g/mol. The first kappa shape index (κ1) is 13.9. The van der Waals surface area contributed by atoms with Crippen LogP contribution in [0.1, 0.15) is 64.2 Å². The van der Waals surface area contributed by atoms with Gasteiger partial charge in [0, 0.05) is 12.1 Å². The third-order valence-electron chi connectivity index (χ3n) is 5.12. The summed E-state index contributed by atoms with van der Waals surface area (Å²) in [6.07, 6.45) is 11.4. The normalized spacial score (nSPS) is 31.0. The molecule has 2 atom stereocenters. The molecule has 0 bridgehead atoms. The van der Waals surface area contributed by atoms with E-state index in [0.29, 0.717) is 12.1 Å². The molecule has 0 saturated heterocycles. The Morgan fingerprint density at radius 3 is 1.50 bits per heavy atom. The van der Waals surface area contributed by atoms with E-state index in [9.17, 15) is 9.59 Å². The molecule has 0 radical (unpaired) electrons. The first-order valence-electron chi connectivity index (χ1n) is 8.35. The molecule has 3 saturated carbocycles. The molecule has 0 aliphatic heterocycles. The molecule has 0 spiro atoms. The maximum atomic E-state index is 12.1. The summed E-state index contributed by atoms with van der Waals surface area (Å²) >= 11 is 0. The Balaban J connectivity index is 1.40. The summed E-state index contributed by atoms with van der Waals surface area (Å²) in [5.74, 6) is 0.113. The maximum Gasteiger partial charge on any atom is 0.224 e. The molecular formula is C16H26N2O2. The van der Waals surface area contributed by atoms with Crippen molar-refractivity contribution in [2.24, 2.45) is 11.8 Å². The summed E-state index contributed by atoms with van der Waals surface area (Å²) in [6, 6.07) is 0.723. The van der Waals surface area contributed by atoms with Crippen LogP contribution in [0.4, 0.5) is 0 Å². The van der Waals surface area contributed by atoms with Crippen LogP contribution < -0.4 is 10.6 Å². The predicted molar refractivity (Wildman–Crippen MR) is 77.0 cm³/mol. The van der Waals surface area contributed by atoms with Gasteiger partial charge in [0.05, 0.1) is 11.8 Å². The Labute approximate surface area is 121 Å². The number of rotatable bonds is 4. The van der Waals surface area contributed by atoms with Gasteiger partial charge in [0.2, 0.25) is 11.8 Å². The van der Waals surface area contributed by atoms with Gasteiger partial charge in [0.15, 0.2) is 0 Å². The number of nitrogens with one attached hydrogen (secondary N) is 2. The highest BCUT2D eigenvalue weighted by Gasteiger charge is 2.48. The van der Waals surface area contributed by atoms with Crippen LogP contribution in [0.15, 0.2) is 0 Å². The van der Waals surface area contributed by atoms with Crippen molar-refractivity contribution in [1.29, 1.82) is 0 Å². The Kier molecular flexibility index (Phi) is 4.27. The van der Waals surface area contributed by atoms with E-state index in [1.165, 1.54) is 32.1 Å². The molecule has 20 heavy (non-hydrogen) atoms. The molecule has 3 rings (SSSR count). The van der Waals surface area contributed by atoms with Crippen molar-refractivity contribution in [3.63, 3.8) is 0 Å². The molecule has 112 valence electrons. The summed E-state index contributed by atoms with van der Waals surface area (Å²) in [7, 11) is 0. The van der Waals surface area contributed by atoms with E-state index in [0.717, 1.165) is 32.1 Å². The summed E-state index contributed by atoms with van der Waals surface area (Å²) < 4.78 is 0. The fourth-order valence-corrected chi connectivity index (χ4v) is 3.71. The standard InChI is InChI=1S/C16H26N2O2/c19-15(17-11-6-2-1-3-7-11)13-10-14(13)16(20)18-12-8-4-5-9-12/h11-14H,1-10H2,(H,17,19)(H,18,20). The maximum absolute atomic E-state index is 12.1. The molecule has 4 nitrogen and oxygen atoms in total. The van der Waals surface area contributed by atoms with E-state index >= 15 is 0 Å². The van der Waals surface area contributed by atoms with Crippen LogP contribution in [0.25, 0.3) is 0 Å². The van der Waals surface area contributed by atoms with Crippen molar-refractivity contribution in [2.75, 3.05) is 0 Å². The number of hydrogen-bond acceptors (Lipinski definition) is 2. The third-order valence-corrected chi connectivity index (χ3v) is 5.12. The van der Waals surface area contributed by atoms with Crippen LogP contribution in [0.3, 0.4) is 0 Å². The minimum Gasteiger partial charge on any atom is -0.353 e. The topological polar surface area (TPSA) is 58.2 Å². The van der Waals surface area contributed by atoms with Crippen LogP contribution in [0, 0.1) is 11.8 Å². The van der Waals surface area contributed by atoms with Gasteiger partial charge in [-0.15, -0.1) is 0 Å². The lowest BCUT2D eigenvalue weighted by atomic mass is 9.95. The van der Waals surface area contributed by atoms with Gasteiger partial charge >= 0.3 is 0 Å². The van der Waals surface area contributed by atoms with Crippen molar-refractivity contribution in [3.8, 4) is 0 Å². The second-order valence-corrected chi connectivity index (χ2v) is 6.78. The second-order valence-electron chi connectivity index (χ2n) is 6.78. The van der Waals surface area contributed by atoms with E-state index in [2.05, 4.69) is 10.6 Å². The quantitative estimate of drug-likeness (QED) is 0.827. The zero-order chi connectivity index (χ0) is 13.9. The molecule has 0 aromatic rings. The molecule has 3 aliphatic rings. The van der Waals surface area contributed by atoms with Crippen molar-refractivity contribution >= 4 is 11.8 Å². The zero-order valence-corrected chi connectivity index (χ0v) is 12.2. The molecule has 2 N–H and O–H groups in total. The van der Waals surface area contributed by atoms with Crippen molar-refractivity contribution in [3.05, 3.63) is 0 Å². The van der Waals surface area contributed by atoms with E-state index in [-0.39, 0.29) is 23.7 Å². The van der Waals surface area contributed by atoms with Gasteiger partial charge in [-0.05, 0) is 32.1 Å². The van der Waals surface area contributed by atoms with Gasteiger partial charge in [-0.2, -0.15) is 0 Å². The third kappa shape index (κ3) is 3.33. The Morgan fingerprint density at radius 1 is 0.650 bits per heavy atom. The number of amides is 2. The zero-order valence-electron chi connectivity index (χ0n) is 12.2. The SMILES string of the molecule is O=C(NC1CCCCC1)C1CC1C(=O)NC1CCCC1. The van der Waals surface area contributed by atoms with Crippen LogP contribution in [0.5, 0.6) is 0 Å². The van der Waals surface area contributed by atoms with Crippen molar-refractivity contribution in [1.82, 2.24) is 10.6 Å². The molecule has 2 unspecified atom stereocenters. The number of hydrogen-bond donors (Lipinski definition) is 2. The molecule has 0 aromatic heterocycles. The lowest BCUT2D eigenvalue weighted by Gasteiger charge is -2.22. The number of carbonyl (C=O) groups excluding carboxylic acids is 2. The highest BCUT2D eigenvalue weighted by molar-refractivity contribution is 5.92. The first-order valence-corrected chi connectivity index (χ1v) is 8.35. The first-order chi connectivity index (χ1) is 9.74. The summed E-state index contributed by atoms with van der Waals surface area (Å²) in [6.45, 7) is 0. The van der Waals surface area contributed by atoms with Crippen molar-refractivity contribution < 1.29 is 9.59 Å². The van der Waals surface area contributed by atoms with Crippen LogP contribution in [0.2, 0.25) is 0 Å². The van der Waals surface area contributed by atoms with Gasteiger partial charge < -0.3 is 10.6 Å². The minimum atomic E-state index is -0.0571. The predicted octanol–water partition coefficient (Wildman–Crippen LogP) is 2.13. The molecule has 3 fully saturated rings. The smallest absolute Gasteiger partial charge is 0.224 e. The van der Waals surface area contributed by atoms with Crippen LogP contribution in [-0.2, 0) is 9.59 Å². The molecule has 0 aromatic carbocycles. The van der Waals surface area contributed by atoms with Gasteiger partial charge in [0.25, 0.3) is 0 Å². The fourth-order valence-electron chi connectivity index (χ4n) is 3.71. The molecule has 4 heteroatoms. The molecule has 0 heterocycles. The van der Waals surface area contributed by atoms with Gasteiger partial charge in [-0.1, -0.05) is 32.1 Å². The van der Waals surface area contributed by atoms with Gasteiger partial charge in [-0.25, -0.2) is 0 Å². The lowest BCUT2D eigenvalue weighted by Crippen LogP contribution is -2.39.